The van der Waals surface area contributed by atoms with Crippen LogP contribution < -0.4 is 4.90 Å². The van der Waals surface area contributed by atoms with Gasteiger partial charge in [0.2, 0.25) is 5.95 Å². The summed E-state index contributed by atoms with van der Waals surface area (Å²) in [6.07, 6.45) is -8.90. The van der Waals surface area contributed by atoms with Crippen LogP contribution in [0.1, 0.15) is 11.1 Å². The maximum absolute atomic E-state index is 13.0. The van der Waals surface area contributed by atoms with Gasteiger partial charge in [-0.15, -0.1) is 10.2 Å². The lowest BCUT2D eigenvalue weighted by molar-refractivity contribution is -0.141. The van der Waals surface area contributed by atoms with Crippen LogP contribution in [0.5, 0.6) is 0 Å². The van der Waals surface area contributed by atoms with Crippen molar-refractivity contribution < 1.29 is 31.1 Å². The lowest BCUT2D eigenvalue weighted by atomic mass is 10.1. The predicted molar refractivity (Wildman–Crippen MR) is 90.1 cm³/mol. The van der Waals surface area contributed by atoms with Crippen molar-refractivity contribution in [1.29, 1.82) is 0 Å². The van der Waals surface area contributed by atoms with E-state index < -0.39 is 24.5 Å². The van der Waals surface area contributed by atoms with E-state index in [1.54, 1.807) is 4.90 Å². The molecule has 2 aromatic rings. The summed E-state index contributed by atoms with van der Waals surface area (Å²) in [6.45, 7) is 0.320. The van der Waals surface area contributed by atoms with Crippen LogP contribution in [0.4, 0.5) is 32.3 Å². The Morgan fingerprint density at radius 1 is 0.964 bits per heavy atom. The highest BCUT2D eigenvalue weighted by molar-refractivity contribution is 7.98. The molecule has 0 aliphatic carbocycles. The zero-order valence-electron chi connectivity index (χ0n) is 14.4. The number of hydrogen-bond donors (Lipinski definition) is 0. The minimum Gasteiger partial charge on any atom is -0.378 e. The van der Waals surface area contributed by atoms with Crippen molar-refractivity contribution in [2.75, 3.05) is 31.2 Å². The highest BCUT2D eigenvalue weighted by Crippen LogP contribution is 2.32. The van der Waals surface area contributed by atoms with E-state index in [9.17, 15) is 26.3 Å². The molecule has 0 N–H and O–H groups in total. The average molecular weight is 426 g/mol. The zero-order valence-corrected chi connectivity index (χ0v) is 15.2. The van der Waals surface area contributed by atoms with Crippen LogP contribution in [0.25, 0.3) is 0 Å². The molecule has 5 nitrogen and oxygen atoms in total. The molecule has 0 radical (unpaired) electrons. The van der Waals surface area contributed by atoms with Gasteiger partial charge in [-0.25, -0.2) is 0 Å². The first-order valence-electron chi connectivity index (χ1n) is 8.25. The van der Waals surface area contributed by atoms with E-state index in [4.69, 9.17) is 4.74 Å². The highest BCUT2D eigenvalue weighted by atomic mass is 32.2. The molecule has 3 rings (SSSR count). The predicted octanol–water partition coefficient (Wildman–Crippen LogP) is 3.99. The molecule has 1 aliphatic heterocycles. The second-order valence-electron chi connectivity index (χ2n) is 6.07. The monoisotopic (exact) mass is 426 g/mol. The van der Waals surface area contributed by atoms with Gasteiger partial charge in [0.1, 0.15) is 6.54 Å². The molecule has 12 heteroatoms. The van der Waals surface area contributed by atoms with Crippen LogP contribution >= 0.6 is 11.8 Å². The quantitative estimate of drug-likeness (QED) is 0.535. The van der Waals surface area contributed by atoms with Crippen LogP contribution in [0.2, 0.25) is 0 Å². The molecule has 1 saturated heterocycles. The van der Waals surface area contributed by atoms with Crippen molar-refractivity contribution in [3.05, 3.63) is 35.4 Å². The molecule has 28 heavy (non-hydrogen) atoms. The van der Waals surface area contributed by atoms with Crippen molar-refractivity contribution in [1.82, 2.24) is 14.8 Å². The summed E-state index contributed by atoms with van der Waals surface area (Å²) in [5, 5.41) is 7.81. The van der Waals surface area contributed by atoms with Gasteiger partial charge in [0.25, 0.3) is 0 Å². The summed E-state index contributed by atoms with van der Waals surface area (Å²) in [6, 6.07) is 4.47. The molecule has 0 bridgehead atoms. The van der Waals surface area contributed by atoms with Gasteiger partial charge in [-0.05, 0) is 17.7 Å². The van der Waals surface area contributed by atoms with Gasteiger partial charge in [-0.3, -0.25) is 4.57 Å². The smallest absolute Gasteiger partial charge is 0.378 e. The van der Waals surface area contributed by atoms with Crippen molar-refractivity contribution in [3.63, 3.8) is 0 Å². The third kappa shape index (κ3) is 5.31. The van der Waals surface area contributed by atoms with Crippen LogP contribution in [-0.2, 0) is 23.2 Å². The van der Waals surface area contributed by atoms with Crippen molar-refractivity contribution in [2.45, 2.75) is 29.8 Å². The number of hydrogen-bond acceptors (Lipinski definition) is 5. The van der Waals surface area contributed by atoms with Crippen LogP contribution in [-0.4, -0.2) is 47.2 Å². The Bertz CT molecular complexity index is 784. The van der Waals surface area contributed by atoms with Gasteiger partial charge < -0.3 is 9.64 Å². The van der Waals surface area contributed by atoms with E-state index in [2.05, 4.69) is 10.2 Å². The zero-order chi connectivity index (χ0) is 20.4. The third-order valence-corrected chi connectivity index (χ3v) is 5.02. The minimum atomic E-state index is -4.47. The highest BCUT2D eigenvalue weighted by Gasteiger charge is 2.33. The average Bonchev–Trinajstić information content (AvgIpc) is 3.01. The number of halogens is 6. The van der Waals surface area contributed by atoms with Gasteiger partial charge in [0.05, 0.1) is 18.8 Å². The Labute approximate surface area is 160 Å². The van der Waals surface area contributed by atoms with Gasteiger partial charge in [-0.2, -0.15) is 26.3 Å². The van der Waals surface area contributed by atoms with E-state index in [0.29, 0.717) is 31.9 Å². The number of anilines is 1. The number of morpholine rings is 1. The number of nitrogens with zero attached hydrogens (tertiary/aromatic N) is 4. The summed E-state index contributed by atoms with van der Waals surface area (Å²) < 4.78 is 83.1. The van der Waals surface area contributed by atoms with Gasteiger partial charge in [0.15, 0.2) is 5.16 Å². The molecule has 0 amide bonds. The first-order chi connectivity index (χ1) is 13.1. The topological polar surface area (TPSA) is 43.2 Å². The van der Waals surface area contributed by atoms with E-state index in [0.717, 1.165) is 28.5 Å². The first-order valence-corrected chi connectivity index (χ1v) is 9.23. The maximum atomic E-state index is 13.0. The number of benzene rings is 1. The van der Waals surface area contributed by atoms with E-state index >= 15 is 0 Å². The number of alkyl halides is 6. The van der Waals surface area contributed by atoms with Crippen LogP contribution in [0.15, 0.2) is 29.4 Å². The number of thioether (sulfide) groups is 1. The molecule has 1 fully saturated rings. The fraction of sp³-hybridized carbons (Fsp3) is 0.500. The van der Waals surface area contributed by atoms with E-state index in [1.807, 2.05) is 0 Å². The summed E-state index contributed by atoms with van der Waals surface area (Å²) in [5.74, 6) is 0.271. The van der Waals surface area contributed by atoms with Crippen molar-refractivity contribution >= 4 is 17.7 Å². The fourth-order valence-electron chi connectivity index (χ4n) is 2.64. The number of aromatic nitrogens is 3. The van der Waals surface area contributed by atoms with Crippen molar-refractivity contribution in [2.24, 2.45) is 0 Å². The largest absolute Gasteiger partial charge is 0.416 e. The van der Waals surface area contributed by atoms with Crippen LogP contribution in [0.3, 0.4) is 0 Å². The summed E-state index contributed by atoms with van der Waals surface area (Å²) >= 11 is 0.989. The minimum absolute atomic E-state index is 0.0544. The Hall–Kier alpha value is -1.95. The van der Waals surface area contributed by atoms with E-state index in [1.165, 1.54) is 12.1 Å². The molecule has 1 aromatic carbocycles. The van der Waals surface area contributed by atoms with E-state index in [-0.39, 0.29) is 16.9 Å². The standard InChI is InChI=1S/C16H16F6N4OS/c17-15(18,19)10-26-13(25-5-7-27-8-6-25)23-24-14(26)28-9-11-1-3-12(4-2-11)16(20,21)22/h1-4H,5-10H2. The molecule has 1 aliphatic rings. The SMILES string of the molecule is FC(F)(F)Cn1c(SCc2ccc(C(F)(F)F)cc2)nnc1N1CCOCC1. The fourth-order valence-corrected chi connectivity index (χ4v) is 3.53. The van der Waals surface area contributed by atoms with Crippen molar-refractivity contribution in [3.8, 4) is 0 Å². The van der Waals surface area contributed by atoms with Gasteiger partial charge in [0, 0.05) is 18.8 Å². The molecule has 1 aromatic heterocycles. The lowest BCUT2D eigenvalue weighted by Gasteiger charge is -2.28. The third-order valence-electron chi connectivity index (χ3n) is 3.98. The second-order valence-corrected chi connectivity index (χ2v) is 7.01. The summed E-state index contributed by atoms with van der Waals surface area (Å²) in [7, 11) is 0. The Balaban J connectivity index is 1.76. The molecular weight excluding hydrogens is 410 g/mol. The Morgan fingerprint density at radius 2 is 1.61 bits per heavy atom. The number of rotatable bonds is 5. The van der Waals surface area contributed by atoms with Crippen LogP contribution in [0, 0.1) is 0 Å². The number of ether oxygens (including phenoxy) is 1. The molecule has 2 heterocycles. The molecular formula is C16H16F6N4OS. The first kappa shape index (κ1) is 20.8. The molecule has 0 saturated carbocycles. The summed E-state index contributed by atoms with van der Waals surface area (Å²) in [4.78, 5) is 1.67. The molecule has 0 atom stereocenters. The molecule has 154 valence electrons. The summed E-state index contributed by atoms with van der Waals surface area (Å²) in [5.41, 5.74) is -0.247. The molecule has 0 unspecified atom stereocenters. The Kier molecular flexibility index (Phi) is 6.08. The maximum Gasteiger partial charge on any atom is 0.416 e. The second kappa shape index (κ2) is 8.19. The normalized spacial score (nSPS) is 15.9. The Morgan fingerprint density at radius 3 is 2.18 bits per heavy atom. The molecule has 0 spiro atoms. The lowest BCUT2D eigenvalue weighted by Crippen LogP contribution is -2.38. The van der Waals surface area contributed by atoms with Gasteiger partial charge >= 0.3 is 12.4 Å². The van der Waals surface area contributed by atoms with Gasteiger partial charge in [-0.1, -0.05) is 23.9 Å².